The van der Waals surface area contributed by atoms with Crippen molar-refractivity contribution in [2.24, 2.45) is 0 Å². The molecule has 4 nitrogen and oxygen atoms in total. The van der Waals surface area contributed by atoms with Gasteiger partial charge in [0.1, 0.15) is 0 Å². The quantitative estimate of drug-likeness (QED) is 0.574. The number of amides is 2. The Kier molecular flexibility index (Phi) is 3.19. The lowest BCUT2D eigenvalue weighted by atomic mass is 10.3. The molecule has 0 aromatic heterocycles. The summed E-state index contributed by atoms with van der Waals surface area (Å²) in [6.45, 7) is 4.36. The SMILES string of the molecule is CC(=O)N1CCCN(C(C)=O)C1S. The number of hydrogen-bond donors (Lipinski definition) is 1. The van der Waals surface area contributed by atoms with Gasteiger partial charge in [0, 0.05) is 26.9 Å². The van der Waals surface area contributed by atoms with Gasteiger partial charge in [-0.2, -0.15) is 0 Å². The van der Waals surface area contributed by atoms with Crippen LogP contribution in [0.5, 0.6) is 0 Å². The van der Waals surface area contributed by atoms with Crippen molar-refractivity contribution < 1.29 is 9.59 Å². The maximum Gasteiger partial charge on any atom is 0.221 e. The summed E-state index contributed by atoms with van der Waals surface area (Å²) in [4.78, 5) is 25.4. The first-order chi connectivity index (χ1) is 6.04. The van der Waals surface area contributed by atoms with E-state index in [0.717, 1.165) is 6.42 Å². The molecule has 1 heterocycles. The molecule has 0 N–H and O–H groups in total. The van der Waals surface area contributed by atoms with Crippen LogP contribution in [-0.2, 0) is 9.59 Å². The van der Waals surface area contributed by atoms with E-state index in [2.05, 4.69) is 12.6 Å². The van der Waals surface area contributed by atoms with Gasteiger partial charge in [-0.3, -0.25) is 9.59 Å². The summed E-state index contributed by atoms with van der Waals surface area (Å²) >= 11 is 4.24. The molecule has 1 fully saturated rings. The lowest BCUT2D eigenvalue weighted by Crippen LogP contribution is -2.54. The summed E-state index contributed by atoms with van der Waals surface area (Å²) in [5.41, 5.74) is -0.385. The lowest BCUT2D eigenvalue weighted by Gasteiger charge is -2.40. The minimum absolute atomic E-state index is 0.0362. The molecule has 0 aliphatic carbocycles. The molecule has 0 atom stereocenters. The normalized spacial score (nSPS) is 19.0. The smallest absolute Gasteiger partial charge is 0.221 e. The van der Waals surface area contributed by atoms with Gasteiger partial charge in [0.05, 0.1) is 0 Å². The fourth-order valence-electron chi connectivity index (χ4n) is 1.45. The maximum atomic E-state index is 11.1. The van der Waals surface area contributed by atoms with E-state index in [1.165, 1.54) is 13.8 Å². The highest BCUT2D eigenvalue weighted by atomic mass is 32.1. The van der Waals surface area contributed by atoms with Gasteiger partial charge in [0.25, 0.3) is 0 Å². The van der Waals surface area contributed by atoms with Gasteiger partial charge in [0.15, 0.2) is 5.50 Å². The summed E-state index contributed by atoms with van der Waals surface area (Å²) < 4.78 is 0. The predicted octanol–water partition coefficient (Wildman–Crippen LogP) is 0.300. The predicted molar refractivity (Wildman–Crippen MR) is 52.2 cm³/mol. The van der Waals surface area contributed by atoms with Crippen LogP contribution in [0.1, 0.15) is 20.3 Å². The van der Waals surface area contributed by atoms with Crippen molar-refractivity contribution in [2.45, 2.75) is 25.8 Å². The van der Waals surface area contributed by atoms with Gasteiger partial charge in [-0.25, -0.2) is 0 Å². The molecule has 0 spiro atoms. The Morgan fingerprint density at radius 1 is 1.15 bits per heavy atom. The van der Waals surface area contributed by atoms with Crippen LogP contribution < -0.4 is 0 Å². The fourth-order valence-corrected chi connectivity index (χ4v) is 2.01. The Morgan fingerprint density at radius 3 is 1.85 bits per heavy atom. The van der Waals surface area contributed by atoms with E-state index in [4.69, 9.17) is 0 Å². The number of nitrogens with zero attached hydrogens (tertiary/aromatic N) is 2. The van der Waals surface area contributed by atoms with E-state index in [1.807, 2.05) is 0 Å². The summed E-state index contributed by atoms with van der Waals surface area (Å²) in [5.74, 6) is -0.0723. The lowest BCUT2D eigenvalue weighted by molar-refractivity contribution is -0.142. The molecule has 13 heavy (non-hydrogen) atoms. The van der Waals surface area contributed by atoms with E-state index in [9.17, 15) is 9.59 Å². The van der Waals surface area contributed by atoms with Crippen molar-refractivity contribution in [1.29, 1.82) is 0 Å². The van der Waals surface area contributed by atoms with E-state index in [1.54, 1.807) is 9.80 Å². The maximum absolute atomic E-state index is 11.1. The highest BCUT2D eigenvalue weighted by molar-refractivity contribution is 7.80. The molecular formula is C8H14N2O2S. The first kappa shape index (κ1) is 10.4. The van der Waals surface area contributed by atoms with Crippen LogP contribution in [0.15, 0.2) is 0 Å². The van der Waals surface area contributed by atoms with Crippen molar-refractivity contribution in [2.75, 3.05) is 13.1 Å². The zero-order chi connectivity index (χ0) is 10.0. The minimum atomic E-state index is -0.385. The second-order valence-corrected chi connectivity index (χ2v) is 3.59. The van der Waals surface area contributed by atoms with Gasteiger partial charge in [-0.05, 0) is 6.42 Å². The van der Waals surface area contributed by atoms with E-state index < -0.39 is 0 Å². The van der Waals surface area contributed by atoms with Crippen LogP contribution in [0.4, 0.5) is 0 Å². The Balaban J connectivity index is 2.71. The van der Waals surface area contributed by atoms with Crippen LogP contribution in [0.25, 0.3) is 0 Å². The molecular weight excluding hydrogens is 188 g/mol. The third-order valence-corrected chi connectivity index (χ3v) is 2.72. The van der Waals surface area contributed by atoms with Gasteiger partial charge in [0.2, 0.25) is 11.8 Å². The van der Waals surface area contributed by atoms with Crippen LogP contribution >= 0.6 is 12.6 Å². The molecule has 1 saturated heterocycles. The number of thiol groups is 1. The van der Waals surface area contributed by atoms with Crippen molar-refractivity contribution in [3.63, 3.8) is 0 Å². The molecule has 74 valence electrons. The van der Waals surface area contributed by atoms with Gasteiger partial charge < -0.3 is 9.80 Å². The molecule has 0 saturated carbocycles. The van der Waals surface area contributed by atoms with Crippen LogP contribution in [0, 0.1) is 0 Å². The van der Waals surface area contributed by atoms with Crippen molar-refractivity contribution in [3.8, 4) is 0 Å². The zero-order valence-electron chi connectivity index (χ0n) is 7.86. The van der Waals surface area contributed by atoms with E-state index in [0.29, 0.717) is 13.1 Å². The van der Waals surface area contributed by atoms with Crippen LogP contribution in [0.2, 0.25) is 0 Å². The Labute approximate surface area is 83.3 Å². The first-order valence-corrected chi connectivity index (χ1v) is 4.78. The summed E-state index contributed by atoms with van der Waals surface area (Å²) in [5, 5.41) is 0. The van der Waals surface area contributed by atoms with Crippen molar-refractivity contribution >= 4 is 24.4 Å². The fraction of sp³-hybridized carbons (Fsp3) is 0.750. The van der Waals surface area contributed by atoms with Crippen LogP contribution in [-0.4, -0.2) is 40.2 Å². The molecule has 1 aliphatic rings. The molecule has 0 aromatic rings. The molecule has 0 bridgehead atoms. The summed E-state index contributed by atoms with van der Waals surface area (Å²) in [7, 11) is 0. The largest absolute Gasteiger partial charge is 0.314 e. The topological polar surface area (TPSA) is 40.6 Å². The monoisotopic (exact) mass is 202 g/mol. The number of rotatable bonds is 0. The average Bonchev–Trinajstić information content (AvgIpc) is 2.03. The second kappa shape index (κ2) is 4.00. The number of carbonyl (C=O) groups excluding carboxylic acids is 2. The van der Waals surface area contributed by atoms with Crippen LogP contribution in [0.3, 0.4) is 0 Å². The summed E-state index contributed by atoms with van der Waals surface area (Å²) in [6, 6.07) is 0. The molecule has 1 rings (SSSR count). The highest BCUT2D eigenvalue weighted by Crippen LogP contribution is 2.17. The molecule has 1 aliphatic heterocycles. The van der Waals surface area contributed by atoms with E-state index in [-0.39, 0.29) is 17.3 Å². The summed E-state index contributed by atoms with van der Waals surface area (Å²) in [6.07, 6.45) is 0.830. The molecule has 0 aromatic carbocycles. The van der Waals surface area contributed by atoms with E-state index >= 15 is 0 Å². The minimum Gasteiger partial charge on any atom is -0.314 e. The Hall–Kier alpha value is -0.710. The highest BCUT2D eigenvalue weighted by Gasteiger charge is 2.29. The second-order valence-electron chi connectivity index (χ2n) is 3.12. The molecule has 0 unspecified atom stereocenters. The Bertz CT molecular complexity index is 210. The zero-order valence-corrected chi connectivity index (χ0v) is 8.75. The van der Waals surface area contributed by atoms with Crippen molar-refractivity contribution in [1.82, 2.24) is 9.80 Å². The molecule has 2 amide bonds. The standard InChI is InChI=1S/C8H14N2O2S/c1-6(11)9-4-3-5-10(7(2)12)8(9)13/h8,13H,3-5H2,1-2H3. The molecule has 5 heteroatoms. The Morgan fingerprint density at radius 2 is 1.54 bits per heavy atom. The van der Waals surface area contributed by atoms with Gasteiger partial charge >= 0.3 is 0 Å². The average molecular weight is 202 g/mol. The van der Waals surface area contributed by atoms with Gasteiger partial charge in [-0.1, -0.05) is 0 Å². The number of hydrogen-bond acceptors (Lipinski definition) is 3. The van der Waals surface area contributed by atoms with Gasteiger partial charge in [-0.15, -0.1) is 12.6 Å². The molecule has 0 radical (unpaired) electrons. The first-order valence-electron chi connectivity index (χ1n) is 4.26. The third kappa shape index (κ3) is 2.15. The third-order valence-electron chi connectivity index (χ3n) is 2.16. The number of carbonyl (C=O) groups is 2. The van der Waals surface area contributed by atoms with Crippen molar-refractivity contribution in [3.05, 3.63) is 0 Å².